The van der Waals surface area contributed by atoms with E-state index in [4.69, 9.17) is 0 Å². The lowest BCUT2D eigenvalue weighted by Gasteiger charge is -2.15. The number of alkyl halides is 3. The van der Waals surface area contributed by atoms with E-state index in [1.807, 2.05) is 6.26 Å². The molecule has 2 atom stereocenters. The van der Waals surface area contributed by atoms with E-state index >= 15 is 0 Å². The number of nitrogens with zero attached hydrogens (tertiary/aromatic N) is 1. The highest BCUT2D eigenvalue weighted by atomic mass is 32.2. The minimum Gasteiger partial charge on any atom is -0.349 e. The van der Waals surface area contributed by atoms with E-state index in [1.165, 1.54) is 6.07 Å². The van der Waals surface area contributed by atoms with Crippen LogP contribution in [0.2, 0.25) is 0 Å². The number of rotatable bonds is 3. The molecule has 1 aliphatic rings. The zero-order chi connectivity index (χ0) is 14.8. The summed E-state index contributed by atoms with van der Waals surface area (Å²) in [6.07, 6.45) is 1.00. The maximum atomic E-state index is 12.8. The summed E-state index contributed by atoms with van der Waals surface area (Å²) in [6.45, 7) is 0. The van der Waals surface area contributed by atoms with Crippen LogP contribution < -0.4 is 5.32 Å². The fraction of sp³-hybridized carbons (Fsp3) is 0.538. The molecule has 3 nitrogen and oxygen atoms in total. The predicted molar refractivity (Wildman–Crippen MR) is 71.6 cm³/mol. The maximum absolute atomic E-state index is 12.8. The lowest BCUT2D eigenvalue weighted by atomic mass is 10.1. The highest BCUT2D eigenvalue weighted by molar-refractivity contribution is 7.99. The van der Waals surface area contributed by atoms with Crippen LogP contribution in [0.25, 0.3) is 0 Å². The number of hydrogen-bond acceptors (Lipinski definition) is 3. The lowest BCUT2D eigenvalue weighted by molar-refractivity contribution is -0.141. The molecule has 0 aromatic carbocycles. The summed E-state index contributed by atoms with van der Waals surface area (Å²) in [5, 5.41) is 3.15. The number of nitrogens with one attached hydrogen (secondary N) is 1. The smallest absolute Gasteiger partial charge is 0.349 e. The molecule has 0 radical (unpaired) electrons. The monoisotopic (exact) mass is 304 g/mol. The van der Waals surface area contributed by atoms with Crippen molar-refractivity contribution in [3.8, 4) is 0 Å². The van der Waals surface area contributed by atoms with Gasteiger partial charge in [-0.05, 0) is 37.7 Å². The van der Waals surface area contributed by atoms with Gasteiger partial charge in [0.1, 0.15) is 0 Å². The van der Waals surface area contributed by atoms with Crippen molar-refractivity contribution in [2.24, 2.45) is 0 Å². The number of carbonyl (C=O) groups excluding carboxylic acids is 1. The number of pyridine rings is 1. The van der Waals surface area contributed by atoms with Crippen molar-refractivity contribution in [3.63, 3.8) is 0 Å². The molecule has 1 saturated carbocycles. The number of carbonyl (C=O) groups is 1. The van der Waals surface area contributed by atoms with Crippen LogP contribution in [0, 0.1) is 0 Å². The van der Waals surface area contributed by atoms with Crippen molar-refractivity contribution >= 4 is 17.7 Å². The van der Waals surface area contributed by atoms with Crippen molar-refractivity contribution in [3.05, 3.63) is 29.6 Å². The van der Waals surface area contributed by atoms with E-state index in [2.05, 4.69) is 10.3 Å². The standard InChI is InChI=1S/C13H15F3N2OS/c1-20-9-5-4-8(7-9)18-12(19)10-3-2-6-17-11(10)13(14,15)16/h2-3,6,8-9H,4-5,7H2,1H3,(H,18,19). The largest absolute Gasteiger partial charge is 0.434 e. The third-order valence-electron chi connectivity index (χ3n) is 3.37. The Bertz CT molecular complexity index is 493. The molecule has 1 heterocycles. The van der Waals surface area contributed by atoms with Crippen molar-refractivity contribution < 1.29 is 18.0 Å². The molecular weight excluding hydrogens is 289 g/mol. The predicted octanol–water partition coefficient (Wildman–Crippen LogP) is 3.11. The molecule has 0 saturated heterocycles. The van der Waals surface area contributed by atoms with Crippen molar-refractivity contribution in [1.82, 2.24) is 10.3 Å². The summed E-state index contributed by atoms with van der Waals surface area (Å²) in [5.74, 6) is -0.697. The fourth-order valence-corrected chi connectivity index (χ4v) is 3.16. The van der Waals surface area contributed by atoms with E-state index < -0.39 is 23.3 Å². The van der Waals surface area contributed by atoms with Gasteiger partial charge in [-0.1, -0.05) is 0 Å². The molecule has 1 fully saturated rings. The van der Waals surface area contributed by atoms with Crippen LogP contribution in [0.15, 0.2) is 18.3 Å². The maximum Gasteiger partial charge on any atom is 0.434 e. The van der Waals surface area contributed by atoms with E-state index in [-0.39, 0.29) is 6.04 Å². The zero-order valence-corrected chi connectivity index (χ0v) is 11.7. The van der Waals surface area contributed by atoms with E-state index in [9.17, 15) is 18.0 Å². The summed E-state index contributed by atoms with van der Waals surface area (Å²) < 4.78 is 38.4. The van der Waals surface area contributed by atoms with Crippen LogP contribution in [0.3, 0.4) is 0 Å². The first-order chi connectivity index (χ1) is 9.41. The van der Waals surface area contributed by atoms with Crippen molar-refractivity contribution in [2.75, 3.05) is 6.26 Å². The normalized spacial score (nSPS) is 22.8. The van der Waals surface area contributed by atoms with Gasteiger partial charge < -0.3 is 5.32 Å². The van der Waals surface area contributed by atoms with Crippen LogP contribution >= 0.6 is 11.8 Å². The summed E-state index contributed by atoms with van der Waals surface area (Å²) in [6, 6.07) is 2.44. The Balaban J connectivity index is 2.10. The van der Waals surface area contributed by atoms with Crippen LogP contribution in [0.5, 0.6) is 0 Å². The molecule has 0 aliphatic heterocycles. The second-order valence-electron chi connectivity index (χ2n) is 4.74. The first kappa shape index (κ1) is 15.2. The average molecular weight is 304 g/mol. The Hall–Kier alpha value is -1.24. The topological polar surface area (TPSA) is 42.0 Å². The Morgan fingerprint density at radius 2 is 2.20 bits per heavy atom. The molecule has 1 aliphatic carbocycles. The van der Waals surface area contributed by atoms with Crippen molar-refractivity contribution in [2.45, 2.75) is 36.7 Å². The Labute approximate surface area is 119 Å². The van der Waals surface area contributed by atoms with Gasteiger partial charge in [0.05, 0.1) is 5.56 Å². The number of aromatic nitrogens is 1. The van der Waals surface area contributed by atoms with Crippen LogP contribution in [0.4, 0.5) is 13.2 Å². The van der Waals surface area contributed by atoms with Gasteiger partial charge in [-0.25, -0.2) is 0 Å². The highest BCUT2D eigenvalue weighted by Crippen LogP contribution is 2.31. The number of amides is 1. The highest BCUT2D eigenvalue weighted by Gasteiger charge is 2.37. The first-order valence-electron chi connectivity index (χ1n) is 6.27. The van der Waals surface area contributed by atoms with E-state index in [0.29, 0.717) is 5.25 Å². The molecule has 1 aromatic rings. The van der Waals surface area contributed by atoms with Gasteiger partial charge in [0.25, 0.3) is 5.91 Å². The Kier molecular flexibility index (Phi) is 4.57. The third-order valence-corrected chi connectivity index (χ3v) is 4.47. The minimum absolute atomic E-state index is 0.0544. The molecule has 2 rings (SSSR count). The fourth-order valence-electron chi connectivity index (χ4n) is 2.36. The van der Waals surface area contributed by atoms with Crippen LogP contribution in [-0.2, 0) is 6.18 Å². The molecule has 0 bridgehead atoms. The van der Waals surface area contributed by atoms with Gasteiger partial charge in [0.2, 0.25) is 0 Å². The SMILES string of the molecule is CSC1CCC(NC(=O)c2cccnc2C(F)(F)F)C1. The van der Waals surface area contributed by atoms with Crippen LogP contribution in [-0.4, -0.2) is 28.4 Å². The number of thioether (sulfide) groups is 1. The molecule has 110 valence electrons. The van der Waals surface area contributed by atoms with Gasteiger partial charge in [0, 0.05) is 17.5 Å². The average Bonchev–Trinajstić information content (AvgIpc) is 2.85. The van der Waals surface area contributed by atoms with E-state index in [1.54, 1.807) is 11.8 Å². The molecule has 2 unspecified atom stereocenters. The van der Waals surface area contributed by atoms with Gasteiger partial charge in [-0.15, -0.1) is 0 Å². The second-order valence-corrected chi connectivity index (χ2v) is 5.88. The summed E-state index contributed by atoms with van der Waals surface area (Å²) in [4.78, 5) is 15.3. The number of halogens is 3. The second kappa shape index (κ2) is 6.03. The molecule has 7 heteroatoms. The third kappa shape index (κ3) is 3.45. The Morgan fingerprint density at radius 1 is 1.45 bits per heavy atom. The first-order valence-corrected chi connectivity index (χ1v) is 7.56. The lowest BCUT2D eigenvalue weighted by Crippen LogP contribution is -2.34. The molecule has 0 spiro atoms. The van der Waals surface area contributed by atoms with Gasteiger partial charge in [-0.2, -0.15) is 24.9 Å². The quantitative estimate of drug-likeness (QED) is 0.933. The molecular formula is C13H15F3N2OS. The summed E-state index contributed by atoms with van der Waals surface area (Å²) >= 11 is 1.72. The summed E-state index contributed by atoms with van der Waals surface area (Å²) in [7, 11) is 0. The Morgan fingerprint density at radius 3 is 2.80 bits per heavy atom. The van der Waals surface area contributed by atoms with Gasteiger partial charge in [0.15, 0.2) is 5.69 Å². The summed E-state index contributed by atoms with van der Waals surface area (Å²) in [5.41, 5.74) is -1.54. The van der Waals surface area contributed by atoms with Crippen molar-refractivity contribution in [1.29, 1.82) is 0 Å². The minimum atomic E-state index is -4.62. The molecule has 1 aromatic heterocycles. The zero-order valence-electron chi connectivity index (χ0n) is 10.9. The molecule has 20 heavy (non-hydrogen) atoms. The van der Waals surface area contributed by atoms with Gasteiger partial charge in [-0.3, -0.25) is 9.78 Å². The number of hydrogen-bond donors (Lipinski definition) is 1. The van der Waals surface area contributed by atoms with E-state index in [0.717, 1.165) is 31.5 Å². The molecule has 1 amide bonds. The van der Waals surface area contributed by atoms with Crippen LogP contribution in [0.1, 0.15) is 35.3 Å². The van der Waals surface area contributed by atoms with Gasteiger partial charge >= 0.3 is 6.18 Å². The molecule has 1 N–H and O–H groups in total.